The summed E-state index contributed by atoms with van der Waals surface area (Å²) >= 11 is 0. The molecule has 3 heteroatoms. The monoisotopic (exact) mass is 234 g/mol. The zero-order chi connectivity index (χ0) is 12.1. The maximum Gasteiger partial charge on any atom is 0.115 e. The molecule has 3 nitrogen and oxygen atoms in total. The van der Waals surface area contributed by atoms with Crippen molar-refractivity contribution in [2.45, 2.75) is 25.2 Å². The van der Waals surface area contributed by atoms with E-state index in [1.165, 1.54) is 37.9 Å². The molecule has 3 N–H and O–H groups in total. The van der Waals surface area contributed by atoms with Gasteiger partial charge in [0.25, 0.3) is 0 Å². The Labute approximate surface area is 103 Å². The zero-order valence-corrected chi connectivity index (χ0v) is 10.3. The van der Waals surface area contributed by atoms with Crippen LogP contribution in [-0.2, 0) is 0 Å². The van der Waals surface area contributed by atoms with Crippen molar-refractivity contribution in [2.75, 3.05) is 26.2 Å². The van der Waals surface area contributed by atoms with Crippen LogP contribution in [0.5, 0.6) is 5.75 Å². The van der Waals surface area contributed by atoms with Gasteiger partial charge in [0.1, 0.15) is 5.75 Å². The van der Waals surface area contributed by atoms with Crippen molar-refractivity contribution < 1.29 is 5.11 Å². The Morgan fingerprint density at radius 1 is 1.12 bits per heavy atom. The quantitative estimate of drug-likeness (QED) is 0.837. The lowest BCUT2D eigenvalue weighted by Gasteiger charge is -2.30. The van der Waals surface area contributed by atoms with Crippen molar-refractivity contribution in [3.63, 3.8) is 0 Å². The lowest BCUT2D eigenvalue weighted by molar-refractivity contribution is 0.216. The molecule has 1 atom stereocenters. The van der Waals surface area contributed by atoms with Gasteiger partial charge in [0.15, 0.2) is 0 Å². The number of hydrogen-bond donors (Lipinski definition) is 2. The highest BCUT2D eigenvalue weighted by Gasteiger charge is 2.16. The van der Waals surface area contributed by atoms with Crippen LogP contribution in [0.15, 0.2) is 24.3 Å². The molecule has 0 amide bonds. The van der Waals surface area contributed by atoms with Crippen LogP contribution >= 0.6 is 0 Å². The molecular weight excluding hydrogens is 212 g/mol. The molecule has 1 aromatic rings. The number of likely N-dealkylation sites (tertiary alicyclic amines) is 1. The van der Waals surface area contributed by atoms with E-state index in [9.17, 15) is 5.11 Å². The van der Waals surface area contributed by atoms with Gasteiger partial charge >= 0.3 is 0 Å². The summed E-state index contributed by atoms with van der Waals surface area (Å²) in [5.41, 5.74) is 7.10. The van der Waals surface area contributed by atoms with Gasteiger partial charge in [-0.05, 0) is 43.6 Å². The summed E-state index contributed by atoms with van der Waals surface area (Å²) in [7, 11) is 0. The van der Waals surface area contributed by atoms with Crippen LogP contribution in [0.25, 0.3) is 0 Å². The number of piperidine rings is 1. The summed E-state index contributed by atoms with van der Waals surface area (Å²) < 4.78 is 0. The average Bonchev–Trinajstić information content (AvgIpc) is 2.38. The van der Waals surface area contributed by atoms with Gasteiger partial charge in [-0.3, -0.25) is 0 Å². The highest BCUT2D eigenvalue weighted by Crippen LogP contribution is 2.20. The van der Waals surface area contributed by atoms with Gasteiger partial charge in [-0.2, -0.15) is 0 Å². The third-order valence-corrected chi connectivity index (χ3v) is 3.58. The maximum absolute atomic E-state index is 9.29. The molecule has 1 unspecified atom stereocenters. The number of nitrogens with two attached hydrogens (primary N) is 1. The summed E-state index contributed by atoms with van der Waals surface area (Å²) in [5.74, 6) is 0.705. The van der Waals surface area contributed by atoms with Crippen LogP contribution in [0, 0.1) is 0 Å². The lowest BCUT2D eigenvalue weighted by atomic mass is 9.97. The summed E-state index contributed by atoms with van der Waals surface area (Å²) in [6.07, 6.45) is 3.99. The second-order valence-corrected chi connectivity index (χ2v) is 4.89. The molecule has 94 valence electrons. The summed E-state index contributed by atoms with van der Waals surface area (Å²) in [4.78, 5) is 2.51. The van der Waals surface area contributed by atoms with Crippen molar-refractivity contribution >= 4 is 0 Å². The first-order valence-electron chi connectivity index (χ1n) is 6.51. The van der Waals surface area contributed by atoms with Gasteiger partial charge in [0.05, 0.1) is 0 Å². The maximum atomic E-state index is 9.29. The molecule has 0 aliphatic carbocycles. The highest BCUT2D eigenvalue weighted by molar-refractivity contribution is 5.28. The van der Waals surface area contributed by atoms with Crippen molar-refractivity contribution in [2.24, 2.45) is 5.73 Å². The van der Waals surface area contributed by atoms with Crippen LogP contribution in [0.1, 0.15) is 30.7 Å². The van der Waals surface area contributed by atoms with Crippen LogP contribution in [0.3, 0.4) is 0 Å². The first-order valence-corrected chi connectivity index (χ1v) is 6.51. The number of aromatic hydroxyl groups is 1. The molecule has 0 radical (unpaired) electrons. The third kappa shape index (κ3) is 3.45. The number of benzene rings is 1. The molecule has 1 saturated heterocycles. The Morgan fingerprint density at radius 2 is 1.76 bits per heavy atom. The molecule has 1 aliphatic rings. The van der Waals surface area contributed by atoms with E-state index >= 15 is 0 Å². The SMILES string of the molecule is NCC(CN1CCCCC1)c1ccc(O)cc1. The largest absolute Gasteiger partial charge is 0.508 e. The first kappa shape index (κ1) is 12.4. The van der Waals surface area contributed by atoms with Gasteiger partial charge in [-0.1, -0.05) is 18.6 Å². The minimum absolute atomic E-state index is 0.322. The first-order chi connectivity index (χ1) is 8.29. The van der Waals surface area contributed by atoms with Gasteiger partial charge in [0, 0.05) is 19.0 Å². The van der Waals surface area contributed by atoms with Gasteiger partial charge in [0.2, 0.25) is 0 Å². The van der Waals surface area contributed by atoms with E-state index in [4.69, 9.17) is 5.73 Å². The molecule has 1 aromatic carbocycles. The smallest absolute Gasteiger partial charge is 0.115 e. The third-order valence-electron chi connectivity index (χ3n) is 3.58. The van der Waals surface area contributed by atoms with Gasteiger partial charge in [-0.15, -0.1) is 0 Å². The Morgan fingerprint density at radius 3 is 2.35 bits per heavy atom. The normalized spacial score (nSPS) is 19.1. The molecule has 2 rings (SSSR count). The molecule has 0 saturated carbocycles. The fourth-order valence-electron chi connectivity index (χ4n) is 2.52. The Balaban J connectivity index is 1.97. The summed E-state index contributed by atoms with van der Waals surface area (Å²) in [6, 6.07) is 7.45. The number of phenols is 1. The minimum atomic E-state index is 0.322. The topological polar surface area (TPSA) is 49.5 Å². The van der Waals surface area contributed by atoms with E-state index in [1.54, 1.807) is 12.1 Å². The molecule has 1 fully saturated rings. The number of rotatable bonds is 4. The zero-order valence-electron chi connectivity index (χ0n) is 10.3. The molecule has 0 aromatic heterocycles. The highest BCUT2D eigenvalue weighted by atomic mass is 16.3. The Bertz CT molecular complexity index is 331. The summed E-state index contributed by atoms with van der Waals surface area (Å²) in [5, 5.41) is 9.29. The van der Waals surface area contributed by atoms with Crippen LogP contribution < -0.4 is 5.73 Å². The van der Waals surface area contributed by atoms with Crippen molar-refractivity contribution in [3.8, 4) is 5.75 Å². The van der Waals surface area contributed by atoms with E-state index in [0.717, 1.165) is 6.54 Å². The molecular formula is C14H22N2O. The van der Waals surface area contributed by atoms with Crippen LogP contribution in [-0.4, -0.2) is 36.2 Å². The standard InChI is InChI=1S/C14H22N2O/c15-10-13(11-16-8-2-1-3-9-16)12-4-6-14(17)7-5-12/h4-7,13,17H,1-3,8-11,15H2. The molecule has 1 aliphatic heterocycles. The van der Waals surface area contributed by atoms with E-state index in [-0.39, 0.29) is 0 Å². The lowest BCUT2D eigenvalue weighted by Crippen LogP contribution is -2.35. The van der Waals surface area contributed by atoms with E-state index in [1.807, 2.05) is 12.1 Å². The van der Waals surface area contributed by atoms with E-state index in [0.29, 0.717) is 18.2 Å². The molecule has 17 heavy (non-hydrogen) atoms. The molecule has 0 spiro atoms. The van der Waals surface area contributed by atoms with Crippen molar-refractivity contribution in [1.82, 2.24) is 4.90 Å². The van der Waals surface area contributed by atoms with Crippen molar-refractivity contribution in [1.29, 1.82) is 0 Å². The number of nitrogens with zero attached hydrogens (tertiary/aromatic N) is 1. The fourth-order valence-corrected chi connectivity index (χ4v) is 2.52. The molecule has 0 bridgehead atoms. The minimum Gasteiger partial charge on any atom is -0.508 e. The van der Waals surface area contributed by atoms with E-state index < -0.39 is 0 Å². The number of hydrogen-bond acceptors (Lipinski definition) is 3. The fraction of sp³-hybridized carbons (Fsp3) is 0.571. The summed E-state index contributed by atoms with van der Waals surface area (Å²) in [6.45, 7) is 4.12. The van der Waals surface area contributed by atoms with Crippen molar-refractivity contribution in [3.05, 3.63) is 29.8 Å². The predicted octanol–water partition coefficient (Wildman–Crippen LogP) is 1.92. The molecule has 1 heterocycles. The Kier molecular flexibility index (Phi) is 4.40. The average molecular weight is 234 g/mol. The Hall–Kier alpha value is -1.06. The number of phenolic OH excluding ortho intramolecular Hbond substituents is 1. The van der Waals surface area contributed by atoms with Crippen LogP contribution in [0.2, 0.25) is 0 Å². The predicted molar refractivity (Wildman–Crippen MR) is 70.2 cm³/mol. The van der Waals surface area contributed by atoms with E-state index in [2.05, 4.69) is 4.90 Å². The second kappa shape index (κ2) is 6.03. The van der Waals surface area contributed by atoms with Gasteiger partial charge < -0.3 is 15.7 Å². The van der Waals surface area contributed by atoms with Gasteiger partial charge in [-0.25, -0.2) is 0 Å². The van der Waals surface area contributed by atoms with Crippen LogP contribution in [0.4, 0.5) is 0 Å². The second-order valence-electron chi connectivity index (χ2n) is 4.89.